The summed E-state index contributed by atoms with van der Waals surface area (Å²) in [5, 5.41) is 23.0. The smallest absolute Gasteiger partial charge is 0.355 e. The van der Waals surface area contributed by atoms with Crippen LogP contribution < -0.4 is 9.61 Å². The number of aromatic carboxylic acids is 1. The summed E-state index contributed by atoms with van der Waals surface area (Å²) in [5.41, 5.74) is -0.00488. The van der Waals surface area contributed by atoms with Gasteiger partial charge in [0.05, 0.1) is 0 Å². The van der Waals surface area contributed by atoms with Gasteiger partial charge < -0.3 is 14.4 Å². The molecule has 36 heavy (non-hydrogen) atoms. The summed E-state index contributed by atoms with van der Waals surface area (Å²) >= 11 is 1.04. The summed E-state index contributed by atoms with van der Waals surface area (Å²) < 4.78 is 42.5. The highest BCUT2D eigenvalue weighted by Gasteiger charge is 2.41. The van der Waals surface area contributed by atoms with Crippen LogP contribution in [0, 0.1) is 0 Å². The van der Waals surface area contributed by atoms with Crippen LogP contribution in [-0.2, 0) is 27.8 Å². The molecular formula is C22H21FN5O6PS. The quantitative estimate of drug-likeness (QED) is 0.226. The zero-order chi connectivity index (χ0) is 25.9. The molecule has 0 saturated carbocycles. The van der Waals surface area contributed by atoms with Crippen molar-refractivity contribution in [1.29, 1.82) is 0 Å². The van der Waals surface area contributed by atoms with E-state index in [-0.39, 0.29) is 28.6 Å². The molecule has 14 heteroatoms. The third-order valence-corrected chi connectivity index (χ3v) is 8.32. The fourth-order valence-electron chi connectivity index (χ4n) is 3.24. The highest BCUT2D eigenvalue weighted by atomic mass is 32.1. The van der Waals surface area contributed by atoms with Crippen LogP contribution in [0.5, 0.6) is 5.75 Å². The van der Waals surface area contributed by atoms with Gasteiger partial charge in [-0.15, -0.1) is 16.4 Å². The molecule has 2 aromatic heterocycles. The molecule has 2 aromatic carbocycles. The summed E-state index contributed by atoms with van der Waals surface area (Å²) in [4.78, 5) is 23.9. The lowest BCUT2D eigenvalue weighted by Crippen LogP contribution is -2.35. The fourth-order valence-corrected chi connectivity index (χ4v) is 6.03. The average Bonchev–Trinajstić information content (AvgIpc) is 3.48. The molecule has 0 aliphatic heterocycles. The molecule has 3 unspecified atom stereocenters. The molecule has 0 radical (unpaired) electrons. The number of para-hydroxylation sites is 1. The molecule has 4 aromatic rings. The summed E-state index contributed by atoms with van der Waals surface area (Å²) in [6.07, 6.45) is 0. The third-order valence-electron chi connectivity index (χ3n) is 5.09. The second kappa shape index (κ2) is 10.5. The Morgan fingerprint density at radius 1 is 1.22 bits per heavy atom. The van der Waals surface area contributed by atoms with Crippen LogP contribution in [0.1, 0.15) is 33.9 Å². The number of thiophene rings is 1. The second-order valence-electron chi connectivity index (χ2n) is 7.73. The number of carboxylic acid groups (broad SMARTS) is 1. The second-order valence-corrected chi connectivity index (χ2v) is 10.9. The van der Waals surface area contributed by atoms with Gasteiger partial charge in [-0.1, -0.05) is 24.3 Å². The number of esters is 1. The molecule has 0 fully saturated rings. The lowest BCUT2D eigenvalue weighted by molar-refractivity contribution is -0.146. The Morgan fingerprint density at radius 2 is 1.97 bits per heavy atom. The number of carbonyl (C=O) groups excluding carboxylic acids is 1. The standard InChI is InChI=1S/C22H21FN5O6PS/c1-13(22(31)33-12-19-24-26-27-28(19)2)25-35(32,34-16-6-4-3-5-7-16)20(23)14-8-9-17-15(10-14)11-18(36-17)21(29)30/h3-11,13,20H,12H2,1-2H3,(H,25,32)(H,29,30). The predicted octanol–water partition coefficient (Wildman–Crippen LogP) is 4.08. The van der Waals surface area contributed by atoms with Crippen molar-refractivity contribution in [2.75, 3.05) is 0 Å². The Balaban J connectivity index is 1.59. The molecule has 2 N–H and O–H groups in total. The number of hydrogen-bond acceptors (Lipinski definition) is 9. The van der Waals surface area contributed by atoms with Crippen molar-refractivity contribution in [2.45, 2.75) is 25.5 Å². The maximum absolute atomic E-state index is 15.9. The SMILES string of the molecule is CC(NP(=O)(Oc1ccccc1)C(F)c1ccc2sc(C(=O)O)cc2c1)C(=O)OCc1nnnn1C. The van der Waals surface area contributed by atoms with E-state index in [4.69, 9.17) is 9.26 Å². The normalized spacial score (nSPS) is 14.6. The molecular weight excluding hydrogens is 512 g/mol. The van der Waals surface area contributed by atoms with Crippen molar-refractivity contribution in [3.8, 4) is 5.75 Å². The molecule has 0 aliphatic carbocycles. The van der Waals surface area contributed by atoms with E-state index in [1.165, 1.54) is 41.9 Å². The van der Waals surface area contributed by atoms with Crippen LogP contribution in [0.3, 0.4) is 0 Å². The Kier molecular flexibility index (Phi) is 7.43. The summed E-state index contributed by atoms with van der Waals surface area (Å²) in [6.45, 7) is 1.13. The Morgan fingerprint density at radius 3 is 2.64 bits per heavy atom. The van der Waals surface area contributed by atoms with E-state index in [9.17, 15) is 19.3 Å². The molecule has 2 heterocycles. The molecule has 4 rings (SSSR count). The molecule has 0 saturated heterocycles. The lowest BCUT2D eigenvalue weighted by atomic mass is 10.2. The van der Waals surface area contributed by atoms with E-state index >= 15 is 4.39 Å². The van der Waals surface area contributed by atoms with E-state index in [1.54, 1.807) is 31.3 Å². The number of fused-ring (bicyclic) bond motifs is 1. The van der Waals surface area contributed by atoms with Gasteiger partial charge >= 0.3 is 19.5 Å². The summed E-state index contributed by atoms with van der Waals surface area (Å²) in [6, 6.07) is 12.5. The highest BCUT2D eigenvalue weighted by Crippen LogP contribution is 2.58. The maximum atomic E-state index is 15.9. The minimum atomic E-state index is -4.42. The number of aryl methyl sites for hydroxylation is 1. The van der Waals surface area contributed by atoms with Crippen molar-refractivity contribution in [2.24, 2.45) is 7.05 Å². The van der Waals surface area contributed by atoms with Gasteiger partial charge in [-0.2, -0.15) is 0 Å². The van der Waals surface area contributed by atoms with Crippen LogP contribution in [0.25, 0.3) is 10.1 Å². The predicted molar refractivity (Wildman–Crippen MR) is 129 cm³/mol. The largest absolute Gasteiger partial charge is 0.477 e. The van der Waals surface area contributed by atoms with E-state index in [1.807, 2.05) is 0 Å². The fraction of sp³-hybridized carbons (Fsp3) is 0.227. The van der Waals surface area contributed by atoms with Crippen LogP contribution in [0.2, 0.25) is 0 Å². The number of aromatic nitrogens is 4. The average molecular weight is 533 g/mol. The molecule has 11 nitrogen and oxygen atoms in total. The zero-order valence-electron chi connectivity index (χ0n) is 19.1. The van der Waals surface area contributed by atoms with Crippen LogP contribution in [0.4, 0.5) is 4.39 Å². The molecule has 3 atom stereocenters. The minimum absolute atomic E-state index is 0.00488. The summed E-state index contributed by atoms with van der Waals surface area (Å²) in [5.74, 6) is -3.69. The Labute approximate surface area is 208 Å². The number of tetrazole rings is 1. The molecule has 0 aliphatic rings. The molecule has 0 bridgehead atoms. The van der Waals surface area contributed by atoms with Crippen LogP contribution in [-0.4, -0.2) is 43.3 Å². The van der Waals surface area contributed by atoms with Gasteiger partial charge in [-0.3, -0.25) is 9.36 Å². The van der Waals surface area contributed by atoms with E-state index in [0.29, 0.717) is 10.1 Å². The van der Waals surface area contributed by atoms with E-state index in [0.717, 1.165) is 11.3 Å². The lowest BCUT2D eigenvalue weighted by Gasteiger charge is -2.26. The van der Waals surface area contributed by atoms with E-state index in [2.05, 4.69) is 20.6 Å². The van der Waals surface area contributed by atoms with Gasteiger partial charge in [0, 0.05) is 11.7 Å². The van der Waals surface area contributed by atoms with Gasteiger partial charge in [-0.05, 0) is 58.6 Å². The number of ether oxygens (including phenoxy) is 1. The monoisotopic (exact) mass is 533 g/mol. The van der Waals surface area contributed by atoms with Crippen LogP contribution in [0.15, 0.2) is 54.6 Å². The topological polar surface area (TPSA) is 146 Å². The number of hydrogen-bond donors (Lipinski definition) is 2. The Hall–Kier alpha value is -3.67. The van der Waals surface area contributed by atoms with Gasteiger partial charge in [0.1, 0.15) is 16.7 Å². The number of carbonyl (C=O) groups is 2. The number of halogens is 1. The van der Waals surface area contributed by atoms with Crippen molar-refractivity contribution in [3.05, 3.63) is 70.9 Å². The number of rotatable bonds is 10. The number of nitrogens with one attached hydrogen (secondary N) is 1. The van der Waals surface area contributed by atoms with Crippen molar-refractivity contribution < 1.29 is 32.9 Å². The first-order valence-corrected chi connectivity index (χ1v) is 13.1. The minimum Gasteiger partial charge on any atom is -0.477 e. The molecule has 0 spiro atoms. The highest BCUT2D eigenvalue weighted by molar-refractivity contribution is 7.57. The number of alkyl halides is 1. The first kappa shape index (κ1) is 25.4. The van der Waals surface area contributed by atoms with Crippen molar-refractivity contribution in [3.63, 3.8) is 0 Å². The number of carboxylic acids is 1. The number of benzene rings is 2. The van der Waals surface area contributed by atoms with Gasteiger partial charge in [0.2, 0.25) is 5.91 Å². The van der Waals surface area contributed by atoms with Gasteiger partial charge in [0.25, 0.3) is 0 Å². The Bertz CT molecular complexity index is 1450. The molecule has 0 amide bonds. The van der Waals surface area contributed by atoms with Gasteiger partial charge in [0.15, 0.2) is 12.4 Å². The van der Waals surface area contributed by atoms with Crippen LogP contribution >= 0.6 is 18.9 Å². The number of nitrogens with zero attached hydrogens (tertiary/aromatic N) is 4. The third kappa shape index (κ3) is 5.59. The molecule has 188 valence electrons. The zero-order valence-corrected chi connectivity index (χ0v) is 20.8. The first-order valence-electron chi connectivity index (χ1n) is 10.6. The van der Waals surface area contributed by atoms with E-state index < -0.39 is 31.4 Å². The van der Waals surface area contributed by atoms with Gasteiger partial charge in [-0.25, -0.2) is 19.0 Å². The van der Waals surface area contributed by atoms with Crippen molar-refractivity contribution >= 4 is 40.9 Å². The summed E-state index contributed by atoms with van der Waals surface area (Å²) in [7, 11) is -2.85. The first-order chi connectivity index (χ1) is 17.2. The maximum Gasteiger partial charge on any atom is 0.355 e. The van der Waals surface area contributed by atoms with Crippen molar-refractivity contribution in [1.82, 2.24) is 25.3 Å².